The number of unbranched alkanes of at least 4 members (excludes halogenated alkanes) is 1. The van der Waals surface area contributed by atoms with Gasteiger partial charge in [0, 0.05) is 5.69 Å². The van der Waals surface area contributed by atoms with E-state index in [2.05, 4.69) is 19.1 Å². The highest BCUT2D eigenvalue weighted by Crippen LogP contribution is 2.08. The van der Waals surface area contributed by atoms with Crippen LogP contribution in [-0.4, -0.2) is 0 Å². The van der Waals surface area contributed by atoms with Gasteiger partial charge < -0.3 is 5.73 Å². The summed E-state index contributed by atoms with van der Waals surface area (Å²) in [4.78, 5) is 0. The van der Waals surface area contributed by atoms with Crippen molar-refractivity contribution in [1.29, 1.82) is 0 Å². The molecule has 0 atom stereocenters. The van der Waals surface area contributed by atoms with Gasteiger partial charge >= 0.3 is 0 Å². The number of nitrogens with two attached hydrogens (primary N) is 1. The van der Waals surface area contributed by atoms with Gasteiger partial charge in [-0.05, 0) is 30.5 Å². The Morgan fingerprint density at radius 2 is 1.75 bits per heavy atom. The molecule has 0 aliphatic rings. The number of rotatable bonds is 3. The van der Waals surface area contributed by atoms with Crippen LogP contribution in [0.15, 0.2) is 24.3 Å². The zero-order valence-corrected chi connectivity index (χ0v) is 9.75. The smallest absolute Gasteiger partial charge is 0.0314 e. The van der Waals surface area contributed by atoms with Crippen molar-refractivity contribution in [2.24, 2.45) is 0 Å². The first kappa shape index (κ1) is 11.8. The highest BCUT2D eigenvalue weighted by atomic mass is 127. The second-order valence-corrected chi connectivity index (χ2v) is 2.85. The molecule has 1 rings (SSSR count). The predicted octanol–water partition coefficient (Wildman–Crippen LogP) is 3.23. The van der Waals surface area contributed by atoms with Gasteiger partial charge in [-0.2, -0.15) is 0 Å². The van der Waals surface area contributed by atoms with Crippen LogP contribution in [0.2, 0.25) is 0 Å². The van der Waals surface area contributed by atoms with Crippen molar-refractivity contribution >= 4 is 29.7 Å². The minimum Gasteiger partial charge on any atom is -0.399 e. The van der Waals surface area contributed by atoms with E-state index in [-0.39, 0.29) is 24.0 Å². The Labute approximate surface area is 91.4 Å². The summed E-state index contributed by atoms with van der Waals surface area (Å²) >= 11 is 0. The second-order valence-electron chi connectivity index (χ2n) is 2.85. The van der Waals surface area contributed by atoms with Gasteiger partial charge in [0.1, 0.15) is 0 Å². The van der Waals surface area contributed by atoms with Gasteiger partial charge in [-0.1, -0.05) is 25.5 Å². The highest BCUT2D eigenvalue weighted by Gasteiger charge is 1.90. The Hall–Kier alpha value is -0.250. The lowest BCUT2D eigenvalue weighted by molar-refractivity contribution is 0.795. The van der Waals surface area contributed by atoms with Crippen LogP contribution in [0.5, 0.6) is 0 Å². The third-order valence-electron chi connectivity index (χ3n) is 1.80. The zero-order chi connectivity index (χ0) is 8.10. The van der Waals surface area contributed by atoms with Crippen LogP contribution in [0.1, 0.15) is 25.3 Å². The van der Waals surface area contributed by atoms with E-state index < -0.39 is 0 Å². The maximum Gasteiger partial charge on any atom is 0.0314 e. The van der Waals surface area contributed by atoms with Crippen molar-refractivity contribution in [2.45, 2.75) is 26.2 Å². The van der Waals surface area contributed by atoms with Crippen LogP contribution < -0.4 is 5.73 Å². The molecule has 0 aliphatic heterocycles. The van der Waals surface area contributed by atoms with Gasteiger partial charge in [0.05, 0.1) is 0 Å². The Morgan fingerprint density at radius 1 is 1.17 bits per heavy atom. The SMILES string of the molecule is CCCCc1ccc(N)cc1.I. The molecule has 2 N–H and O–H groups in total. The average Bonchev–Trinajstić information content (AvgIpc) is 2.04. The van der Waals surface area contributed by atoms with E-state index in [1.54, 1.807) is 0 Å². The zero-order valence-electron chi connectivity index (χ0n) is 7.42. The van der Waals surface area contributed by atoms with Crippen LogP contribution in [0, 0.1) is 0 Å². The molecular formula is C10H16IN. The monoisotopic (exact) mass is 277 g/mol. The molecule has 2 heteroatoms. The molecule has 0 spiro atoms. The Kier molecular flexibility index (Phi) is 6.16. The van der Waals surface area contributed by atoms with Gasteiger partial charge in [-0.25, -0.2) is 0 Å². The Bertz CT molecular complexity index is 206. The van der Waals surface area contributed by atoms with Crippen molar-refractivity contribution in [3.63, 3.8) is 0 Å². The van der Waals surface area contributed by atoms with Crippen molar-refractivity contribution in [3.8, 4) is 0 Å². The Balaban J connectivity index is 0.00000121. The fourth-order valence-electron chi connectivity index (χ4n) is 1.07. The van der Waals surface area contributed by atoms with Crippen LogP contribution >= 0.6 is 24.0 Å². The molecule has 0 aliphatic carbocycles. The number of halogens is 1. The molecule has 0 saturated carbocycles. The molecule has 0 fully saturated rings. The first-order valence-electron chi connectivity index (χ1n) is 4.17. The number of benzene rings is 1. The number of aryl methyl sites for hydroxylation is 1. The van der Waals surface area contributed by atoms with Crippen LogP contribution in [-0.2, 0) is 6.42 Å². The minimum atomic E-state index is 0. The summed E-state index contributed by atoms with van der Waals surface area (Å²) < 4.78 is 0. The lowest BCUT2D eigenvalue weighted by Gasteiger charge is -1.99. The fraction of sp³-hybridized carbons (Fsp3) is 0.400. The van der Waals surface area contributed by atoms with E-state index in [4.69, 9.17) is 5.73 Å². The molecule has 0 amide bonds. The third kappa shape index (κ3) is 3.95. The molecule has 0 saturated heterocycles. The maximum absolute atomic E-state index is 5.56. The largest absolute Gasteiger partial charge is 0.399 e. The molecule has 0 unspecified atom stereocenters. The summed E-state index contributed by atoms with van der Waals surface area (Å²) in [5, 5.41) is 0. The number of anilines is 1. The molecule has 12 heavy (non-hydrogen) atoms. The van der Waals surface area contributed by atoms with Crippen molar-refractivity contribution in [2.75, 3.05) is 5.73 Å². The van der Waals surface area contributed by atoms with E-state index in [9.17, 15) is 0 Å². The number of hydrogen-bond acceptors (Lipinski definition) is 1. The molecule has 0 heterocycles. The van der Waals surface area contributed by atoms with E-state index >= 15 is 0 Å². The number of hydrogen-bond donors (Lipinski definition) is 1. The van der Waals surface area contributed by atoms with Crippen molar-refractivity contribution in [3.05, 3.63) is 29.8 Å². The first-order chi connectivity index (χ1) is 5.33. The van der Waals surface area contributed by atoms with Crippen LogP contribution in [0.25, 0.3) is 0 Å². The summed E-state index contributed by atoms with van der Waals surface area (Å²) in [6.45, 7) is 2.21. The lowest BCUT2D eigenvalue weighted by Crippen LogP contribution is -1.87. The Morgan fingerprint density at radius 3 is 2.25 bits per heavy atom. The molecule has 1 nitrogen and oxygen atoms in total. The summed E-state index contributed by atoms with van der Waals surface area (Å²) in [6.07, 6.45) is 3.70. The second kappa shape index (κ2) is 6.29. The first-order valence-corrected chi connectivity index (χ1v) is 4.17. The normalized spacial score (nSPS) is 9.08. The van der Waals surface area contributed by atoms with Crippen molar-refractivity contribution < 1.29 is 0 Å². The van der Waals surface area contributed by atoms with E-state index in [0.717, 1.165) is 5.69 Å². The van der Waals surface area contributed by atoms with Crippen molar-refractivity contribution in [1.82, 2.24) is 0 Å². The molecular weight excluding hydrogens is 261 g/mol. The molecule has 0 aromatic heterocycles. The van der Waals surface area contributed by atoms with Gasteiger partial charge in [0.15, 0.2) is 0 Å². The van der Waals surface area contributed by atoms with Gasteiger partial charge in [0.25, 0.3) is 0 Å². The molecule has 1 aromatic rings. The van der Waals surface area contributed by atoms with E-state index in [0.29, 0.717) is 0 Å². The fourth-order valence-corrected chi connectivity index (χ4v) is 1.07. The standard InChI is InChI=1S/C10H15N.HI/c1-2-3-4-9-5-7-10(11)8-6-9;/h5-8H,2-4,11H2,1H3;1H. The maximum atomic E-state index is 5.56. The van der Waals surface area contributed by atoms with Gasteiger partial charge in [-0.15, -0.1) is 24.0 Å². The molecule has 68 valence electrons. The van der Waals surface area contributed by atoms with E-state index in [1.165, 1.54) is 24.8 Å². The molecule has 1 aromatic carbocycles. The highest BCUT2D eigenvalue weighted by molar-refractivity contribution is 14.0. The summed E-state index contributed by atoms with van der Waals surface area (Å²) in [7, 11) is 0. The van der Waals surface area contributed by atoms with Crippen LogP contribution in [0.3, 0.4) is 0 Å². The minimum absolute atomic E-state index is 0. The third-order valence-corrected chi connectivity index (χ3v) is 1.80. The average molecular weight is 277 g/mol. The predicted molar refractivity (Wildman–Crippen MR) is 64.9 cm³/mol. The topological polar surface area (TPSA) is 26.0 Å². The quantitative estimate of drug-likeness (QED) is 0.666. The van der Waals surface area contributed by atoms with Gasteiger partial charge in [-0.3, -0.25) is 0 Å². The van der Waals surface area contributed by atoms with Crippen LogP contribution in [0.4, 0.5) is 5.69 Å². The van der Waals surface area contributed by atoms with E-state index in [1.807, 2.05) is 12.1 Å². The summed E-state index contributed by atoms with van der Waals surface area (Å²) in [5.41, 5.74) is 7.80. The summed E-state index contributed by atoms with van der Waals surface area (Å²) in [6, 6.07) is 8.13. The molecule has 0 radical (unpaired) electrons. The lowest BCUT2D eigenvalue weighted by atomic mass is 10.1. The van der Waals surface area contributed by atoms with Gasteiger partial charge in [0.2, 0.25) is 0 Å². The molecule has 0 bridgehead atoms. The summed E-state index contributed by atoms with van der Waals surface area (Å²) in [5.74, 6) is 0. The number of nitrogen functional groups attached to an aromatic ring is 1.